The molecule has 102 valence electrons. The molecule has 1 amide bonds. The van der Waals surface area contributed by atoms with Gasteiger partial charge in [-0.1, -0.05) is 6.92 Å². The Morgan fingerprint density at radius 3 is 2.94 bits per heavy atom. The Labute approximate surface area is 112 Å². The molecule has 0 unspecified atom stereocenters. The maximum atomic E-state index is 11.9. The number of nitrogen functional groups attached to an aromatic ring is 1. The molecular weight excluding hydrogens is 250 g/mol. The molecule has 5 nitrogen and oxygen atoms in total. The average Bonchev–Trinajstić information content (AvgIpc) is 2.75. The molecule has 0 radical (unpaired) electrons. The van der Waals surface area contributed by atoms with Gasteiger partial charge in [0.05, 0.1) is 17.3 Å². The molecule has 6 heteroatoms. The van der Waals surface area contributed by atoms with Crippen molar-refractivity contribution in [2.24, 2.45) is 0 Å². The molecule has 0 fully saturated rings. The van der Waals surface area contributed by atoms with Crippen LogP contribution in [0.15, 0.2) is 6.07 Å². The quantitative estimate of drug-likeness (QED) is 0.789. The minimum Gasteiger partial charge on any atom is -0.397 e. The second kappa shape index (κ2) is 7.23. The van der Waals surface area contributed by atoms with Gasteiger partial charge in [-0.25, -0.2) is 0 Å². The molecule has 3 N–H and O–H groups in total. The zero-order chi connectivity index (χ0) is 13.5. The second-order valence-electron chi connectivity index (χ2n) is 4.04. The van der Waals surface area contributed by atoms with E-state index < -0.39 is 0 Å². The molecule has 18 heavy (non-hydrogen) atoms. The number of methoxy groups -OCH3 is 1. The summed E-state index contributed by atoms with van der Waals surface area (Å²) in [6, 6.07) is 1.83. The molecule has 1 rings (SSSR count). The lowest BCUT2D eigenvalue weighted by molar-refractivity contribution is 0.0958. The fourth-order valence-corrected chi connectivity index (χ4v) is 2.40. The molecule has 0 aliphatic heterocycles. The third-order valence-electron chi connectivity index (χ3n) is 2.50. The van der Waals surface area contributed by atoms with Gasteiger partial charge in [0.25, 0.3) is 5.91 Å². The highest BCUT2D eigenvalue weighted by Crippen LogP contribution is 2.31. The minimum atomic E-state index is -0.0919. The van der Waals surface area contributed by atoms with Gasteiger partial charge in [-0.15, -0.1) is 11.3 Å². The lowest BCUT2D eigenvalue weighted by Gasteiger charge is -2.15. The van der Waals surface area contributed by atoms with Crippen LogP contribution in [-0.4, -0.2) is 39.8 Å². The molecular formula is C12H21N3O2S. The maximum absolute atomic E-state index is 11.9. The highest BCUT2D eigenvalue weighted by Gasteiger charge is 2.15. The topological polar surface area (TPSA) is 67.6 Å². The Morgan fingerprint density at radius 1 is 1.61 bits per heavy atom. The second-order valence-corrected chi connectivity index (χ2v) is 5.07. The minimum absolute atomic E-state index is 0.0919. The zero-order valence-corrected chi connectivity index (χ0v) is 12.0. The summed E-state index contributed by atoms with van der Waals surface area (Å²) in [6.45, 7) is 4.10. The van der Waals surface area contributed by atoms with E-state index in [2.05, 4.69) is 5.32 Å². The fourth-order valence-electron chi connectivity index (χ4n) is 1.41. The molecule has 0 aliphatic carbocycles. The monoisotopic (exact) mass is 271 g/mol. The smallest absolute Gasteiger partial charge is 0.263 e. The van der Waals surface area contributed by atoms with Gasteiger partial charge in [0.1, 0.15) is 4.88 Å². The SMILES string of the molecule is CCCNC(=O)c1sc(N(C)CCOC)cc1N. The van der Waals surface area contributed by atoms with E-state index in [1.807, 2.05) is 24.9 Å². The Bertz CT molecular complexity index is 393. The van der Waals surface area contributed by atoms with Crippen molar-refractivity contribution in [1.82, 2.24) is 5.32 Å². The molecule has 0 saturated carbocycles. The van der Waals surface area contributed by atoms with Crippen LogP contribution in [0.4, 0.5) is 10.7 Å². The highest BCUT2D eigenvalue weighted by molar-refractivity contribution is 7.18. The Morgan fingerprint density at radius 2 is 2.33 bits per heavy atom. The number of nitrogens with two attached hydrogens (primary N) is 1. The maximum Gasteiger partial charge on any atom is 0.263 e. The van der Waals surface area contributed by atoms with Gasteiger partial charge < -0.3 is 20.7 Å². The van der Waals surface area contributed by atoms with E-state index in [1.165, 1.54) is 11.3 Å². The normalized spacial score (nSPS) is 10.4. The highest BCUT2D eigenvalue weighted by atomic mass is 32.1. The van der Waals surface area contributed by atoms with E-state index in [0.717, 1.165) is 18.0 Å². The number of rotatable bonds is 7. The summed E-state index contributed by atoms with van der Waals surface area (Å²) in [5, 5.41) is 3.81. The fraction of sp³-hybridized carbons (Fsp3) is 0.583. The van der Waals surface area contributed by atoms with Gasteiger partial charge in [0, 0.05) is 27.2 Å². The third-order valence-corrected chi connectivity index (χ3v) is 3.76. The van der Waals surface area contributed by atoms with Crippen LogP contribution in [0.3, 0.4) is 0 Å². The zero-order valence-electron chi connectivity index (χ0n) is 11.2. The average molecular weight is 271 g/mol. The number of carbonyl (C=O) groups excluding carboxylic acids is 1. The lowest BCUT2D eigenvalue weighted by Crippen LogP contribution is -2.23. The molecule has 0 bridgehead atoms. The summed E-state index contributed by atoms with van der Waals surface area (Å²) < 4.78 is 5.02. The van der Waals surface area contributed by atoms with Crippen molar-refractivity contribution in [3.63, 3.8) is 0 Å². The van der Waals surface area contributed by atoms with Gasteiger partial charge in [-0.3, -0.25) is 4.79 Å². The molecule has 1 heterocycles. The standard InChI is InChI=1S/C12H21N3O2S/c1-4-5-14-12(16)11-9(13)8-10(18-11)15(2)6-7-17-3/h8H,4-7,13H2,1-3H3,(H,14,16). The largest absolute Gasteiger partial charge is 0.397 e. The van der Waals surface area contributed by atoms with Crippen LogP contribution in [0.1, 0.15) is 23.0 Å². The number of likely N-dealkylation sites (N-methyl/N-ethyl adjacent to an activating group) is 1. The number of hydrogen-bond acceptors (Lipinski definition) is 5. The van der Waals surface area contributed by atoms with Gasteiger partial charge in [0.2, 0.25) is 0 Å². The van der Waals surface area contributed by atoms with E-state index in [1.54, 1.807) is 7.11 Å². The first kappa shape index (κ1) is 14.8. The van der Waals surface area contributed by atoms with E-state index in [0.29, 0.717) is 23.7 Å². The van der Waals surface area contributed by atoms with E-state index >= 15 is 0 Å². The number of anilines is 2. The van der Waals surface area contributed by atoms with Crippen LogP contribution >= 0.6 is 11.3 Å². The predicted octanol–water partition coefficient (Wildman–Crippen LogP) is 1.55. The first-order valence-corrected chi connectivity index (χ1v) is 6.79. The number of nitrogens with zero attached hydrogens (tertiary/aromatic N) is 1. The van der Waals surface area contributed by atoms with Crippen molar-refractivity contribution >= 4 is 27.9 Å². The summed E-state index contributed by atoms with van der Waals surface area (Å²) in [4.78, 5) is 14.5. The van der Waals surface area contributed by atoms with Crippen LogP contribution in [0.2, 0.25) is 0 Å². The number of ether oxygens (including phenoxy) is 1. The Hall–Kier alpha value is -1.27. The van der Waals surface area contributed by atoms with Crippen LogP contribution < -0.4 is 16.0 Å². The molecule has 0 atom stereocenters. The first-order chi connectivity index (χ1) is 8.60. The van der Waals surface area contributed by atoms with Gasteiger partial charge >= 0.3 is 0 Å². The van der Waals surface area contributed by atoms with Crippen molar-refractivity contribution in [3.05, 3.63) is 10.9 Å². The van der Waals surface area contributed by atoms with Gasteiger partial charge in [-0.05, 0) is 12.5 Å². The summed E-state index contributed by atoms with van der Waals surface area (Å²) in [5.74, 6) is -0.0919. The molecule has 0 saturated heterocycles. The van der Waals surface area contributed by atoms with Crippen molar-refractivity contribution in [2.75, 3.05) is 44.5 Å². The first-order valence-electron chi connectivity index (χ1n) is 5.97. The lowest BCUT2D eigenvalue weighted by atomic mass is 10.3. The number of thiophene rings is 1. The van der Waals surface area contributed by atoms with Crippen LogP contribution in [-0.2, 0) is 4.74 Å². The van der Waals surface area contributed by atoms with E-state index in [4.69, 9.17) is 10.5 Å². The molecule has 0 aromatic carbocycles. The summed E-state index contributed by atoms with van der Waals surface area (Å²) in [7, 11) is 3.62. The summed E-state index contributed by atoms with van der Waals surface area (Å²) >= 11 is 1.41. The Balaban J connectivity index is 2.71. The number of nitrogens with one attached hydrogen (secondary N) is 1. The van der Waals surface area contributed by atoms with Crippen molar-refractivity contribution in [3.8, 4) is 0 Å². The molecule has 0 spiro atoms. The van der Waals surface area contributed by atoms with Crippen molar-refractivity contribution in [2.45, 2.75) is 13.3 Å². The molecule has 0 aliphatic rings. The van der Waals surface area contributed by atoms with Crippen molar-refractivity contribution < 1.29 is 9.53 Å². The Kier molecular flexibility index (Phi) is 5.94. The van der Waals surface area contributed by atoms with Crippen LogP contribution in [0.25, 0.3) is 0 Å². The van der Waals surface area contributed by atoms with Crippen LogP contribution in [0, 0.1) is 0 Å². The van der Waals surface area contributed by atoms with Crippen molar-refractivity contribution in [1.29, 1.82) is 0 Å². The molecule has 1 aromatic heterocycles. The summed E-state index contributed by atoms with van der Waals surface area (Å²) in [6.07, 6.45) is 0.914. The summed E-state index contributed by atoms with van der Waals surface area (Å²) in [5.41, 5.74) is 6.41. The predicted molar refractivity (Wildman–Crippen MR) is 76.5 cm³/mol. The van der Waals surface area contributed by atoms with Gasteiger partial charge in [-0.2, -0.15) is 0 Å². The number of carbonyl (C=O) groups is 1. The number of amides is 1. The van der Waals surface area contributed by atoms with Crippen LogP contribution in [0.5, 0.6) is 0 Å². The number of hydrogen-bond donors (Lipinski definition) is 2. The van der Waals surface area contributed by atoms with E-state index in [-0.39, 0.29) is 5.91 Å². The third kappa shape index (κ3) is 3.89. The van der Waals surface area contributed by atoms with E-state index in [9.17, 15) is 4.79 Å². The molecule has 1 aromatic rings. The van der Waals surface area contributed by atoms with Gasteiger partial charge in [0.15, 0.2) is 0 Å².